The zero-order valence-electron chi connectivity index (χ0n) is 7.45. The van der Waals surface area contributed by atoms with Crippen LogP contribution in [0.3, 0.4) is 0 Å². The number of nitrogens with zero attached hydrogens (tertiary/aromatic N) is 2. The molecule has 1 saturated heterocycles. The smallest absolute Gasteiger partial charge is 0.199 e. The molecular weight excluding hydrogens is 164 g/mol. The fourth-order valence-electron chi connectivity index (χ4n) is 1.52. The predicted molar refractivity (Wildman–Crippen MR) is 50.4 cm³/mol. The molecule has 13 heavy (non-hydrogen) atoms. The van der Waals surface area contributed by atoms with Gasteiger partial charge >= 0.3 is 0 Å². The van der Waals surface area contributed by atoms with Gasteiger partial charge in [0.15, 0.2) is 6.33 Å². The Balaban J connectivity index is 1.90. The molecule has 2 heterocycles. The van der Waals surface area contributed by atoms with E-state index in [2.05, 4.69) is 26.9 Å². The van der Waals surface area contributed by atoms with Crippen LogP contribution in [0.5, 0.6) is 0 Å². The number of hydrogen-bond acceptors (Lipinski definition) is 4. The molecule has 0 spiro atoms. The highest BCUT2D eigenvalue weighted by molar-refractivity contribution is 5.32. The minimum absolute atomic E-state index is 0.546. The molecule has 1 aromatic rings. The van der Waals surface area contributed by atoms with Crippen LogP contribution in [0.4, 0.5) is 5.82 Å². The van der Waals surface area contributed by atoms with Crippen LogP contribution in [0, 0.1) is 6.33 Å². The van der Waals surface area contributed by atoms with Gasteiger partial charge in [-0.2, -0.15) is 0 Å². The fourth-order valence-corrected chi connectivity index (χ4v) is 1.52. The number of aromatic nitrogens is 2. The molecule has 1 aromatic heterocycles. The molecule has 0 amide bonds. The van der Waals surface area contributed by atoms with E-state index in [1.165, 1.54) is 0 Å². The molecule has 0 aromatic carbocycles. The fraction of sp³-hybridized carbons (Fsp3) is 0.556. The summed E-state index contributed by atoms with van der Waals surface area (Å²) in [5.41, 5.74) is 0. The van der Waals surface area contributed by atoms with E-state index in [1.807, 2.05) is 6.07 Å². The highest BCUT2D eigenvalue weighted by Crippen LogP contribution is 2.08. The van der Waals surface area contributed by atoms with E-state index in [1.54, 1.807) is 6.20 Å². The summed E-state index contributed by atoms with van der Waals surface area (Å²) in [4.78, 5) is 7.76. The maximum absolute atomic E-state index is 4.01. The van der Waals surface area contributed by atoms with Crippen molar-refractivity contribution in [1.82, 2.24) is 15.3 Å². The Morgan fingerprint density at radius 1 is 1.46 bits per heavy atom. The minimum Gasteiger partial charge on any atom is -0.367 e. The van der Waals surface area contributed by atoms with E-state index in [-0.39, 0.29) is 0 Å². The van der Waals surface area contributed by atoms with Crippen molar-refractivity contribution in [1.29, 1.82) is 0 Å². The lowest BCUT2D eigenvalue weighted by Gasteiger charge is -2.23. The maximum Gasteiger partial charge on any atom is 0.199 e. The Bertz CT molecular complexity index is 243. The van der Waals surface area contributed by atoms with Gasteiger partial charge in [-0.3, -0.25) is 0 Å². The first-order valence-electron chi connectivity index (χ1n) is 4.61. The van der Waals surface area contributed by atoms with Crippen molar-refractivity contribution < 1.29 is 0 Å². The second-order valence-electron chi connectivity index (χ2n) is 3.21. The zero-order valence-corrected chi connectivity index (χ0v) is 7.45. The molecule has 2 N–H and O–H groups in total. The van der Waals surface area contributed by atoms with Crippen LogP contribution in [0.15, 0.2) is 12.3 Å². The van der Waals surface area contributed by atoms with Crippen molar-refractivity contribution in [2.24, 2.45) is 0 Å². The molecule has 69 valence electrons. The highest BCUT2D eigenvalue weighted by Gasteiger charge is 2.12. The Hall–Kier alpha value is -1.16. The minimum atomic E-state index is 0.546. The molecule has 1 fully saturated rings. The first-order chi connectivity index (χ1) is 6.45. The summed E-state index contributed by atoms with van der Waals surface area (Å²) in [7, 11) is 0. The molecular formula is C9H13N4. The van der Waals surface area contributed by atoms with Gasteiger partial charge in [0.2, 0.25) is 0 Å². The first-order valence-corrected chi connectivity index (χ1v) is 4.61. The highest BCUT2D eigenvalue weighted by atomic mass is 15.0. The van der Waals surface area contributed by atoms with Gasteiger partial charge < -0.3 is 10.6 Å². The third-order valence-corrected chi connectivity index (χ3v) is 2.23. The summed E-state index contributed by atoms with van der Waals surface area (Å²) in [6.45, 7) is 2.18. The van der Waals surface area contributed by atoms with Gasteiger partial charge in [-0.25, -0.2) is 9.97 Å². The average molecular weight is 177 g/mol. The van der Waals surface area contributed by atoms with Crippen LogP contribution in [0.25, 0.3) is 0 Å². The second-order valence-corrected chi connectivity index (χ2v) is 3.21. The average Bonchev–Trinajstić information content (AvgIpc) is 2.21. The predicted octanol–water partition coefficient (Wildman–Crippen LogP) is 0.441. The Labute approximate surface area is 77.8 Å². The Morgan fingerprint density at radius 2 is 2.31 bits per heavy atom. The monoisotopic (exact) mass is 177 g/mol. The lowest BCUT2D eigenvalue weighted by atomic mass is 10.1. The van der Waals surface area contributed by atoms with Crippen LogP contribution in [-0.4, -0.2) is 29.1 Å². The topological polar surface area (TPSA) is 49.8 Å². The summed E-state index contributed by atoms with van der Waals surface area (Å²) in [5, 5.41) is 6.68. The molecule has 0 saturated carbocycles. The number of rotatable bonds is 2. The second kappa shape index (κ2) is 4.18. The van der Waals surface area contributed by atoms with Crippen LogP contribution < -0.4 is 10.6 Å². The number of hydrogen-bond donors (Lipinski definition) is 2. The van der Waals surface area contributed by atoms with Crippen molar-refractivity contribution in [3.63, 3.8) is 0 Å². The standard InChI is InChI=1S/C9H13N4/c1-4-10-5-2-8(1)13-9-3-6-11-7-12-9/h3,6,8,10H,1-2,4-5H2,(H,11,12,13). The third-order valence-electron chi connectivity index (χ3n) is 2.23. The van der Waals surface area contributed by atoms with E-state index >= 15 is 0 Å². The summed E-state index contributed by atoms with van der Waals surface area (Å²) in [6.07, 6.45) is 6.59. The maximum atomic E-state index is 4.01. The third kappa shape index (κ3) is 2.39. The van der Waals surface area contributed by atoms with Gasteiger partial charge in [-0.05, 0) is 32.0 Å². The van der Waals surface area contributed by atoms with Crippen LogP contribution in [0.2, 0.25) is 0 Å². The molecule has 0 aliphatic carbocycles. The van der Waals surface area contributed by atoms with Crippen molar-refractivity contribution in [2.45, 2.75) is 18.9 Å². The number of nitrogens with one attached hydrogen (secondary N) is 2. The van der Waals surface area contributed by atoms with Gasteiger partial charge in [0, 0.05) is 12.2 Å². The summed E-state index contributed by atoms with van der Waals surface area (Å²) in [6, 6.07) is 2.42. The van der Waals surface area contributed by atoms with Crippen molar-refractivity contribution in [2.75, 3.05) is 18.4 Å². The normalized spacial score (nSPS) is 18.5. The molecule has 0 bridgehead atoms. The summed E-state index contributed by atoms with van der Waals surface area (Å²) >= 11 is 0. The van der Waals surface area contributed by atoms with Crippen LogP contribution in [0.1, 0.15) is 12.8 Å². The van der Waals surface area contributed by atoms with Gasteiger partial charge in [0.05, 0.1) is 0 Å². The van der Waals surface area contributed by atoms with E-state index in [4.69, 9.17) is 0 Å². The molecule has 4 heteroatoms. The summed E-state index contributed by atoms with van der Waals surface area (Å²) in [5.74, 6) is 0.877. The van der Waals surface area contributed by atoms with Gasteiger partial charge in [-0.1, -0.05) is 0 Å². The van der Waals surface area contributed by atoms with E-state index < -0.39 is 0 Å². The van der Waals surface area contributed by atoms with Crippen molar-refractivity contribution in [3.8, 4) is 0 Å². The molecule has 1 radical (unpaired) electrons. The van der Waals surface area contributed by atoms with Gasteiger partial charge in [0.25, 0.3) is 0 Å². The largest absolute Gasteiger partial charge is 0.367 e. The van der Waals surface area contributed by atoms with E-state index in [0.29, 0.717) is 6.04 Å². The van der Waals surface area contributed by atoms with Gasteiger partial charge in [0.1, 0.15) is 5.82 Å². The molecule has 1 aliphatic heterocycles. The molecule has 0 atom stereocenters. The Morgan fingerprint density at radius 3 is 3.00 bits per heavy atom. The number of anilines is 1. The SMILES string of the molecule is [c]1nccc(NC2CCNCC2)n1. The number of piperidine rings is 1. The zero-order chi connectivity index (χ0) is 8.93. The van der Waals surface area contributed by atoms with Crippen molar-refractivity contribution >= 4 is 5.82 Å². The lowest BCUT2D eigenvalue weighted by molar-refractivity contribution is 0.478. The molecule has 1 aliphatic rings. The van der Waals surface area contributed by atoms with E-state index in [0.717, 1.165) is 31.7 Å². The van der Waals surface area contributed by atoms with Gasteiger partial charge in [-0.15, -0.1) is 0 Å². The first kappa shape index (κ1) is 8.44. The van der Waals surface area contributed by atoms with Crippen LogP contribution in [-0.2, 0) is 0 Å². The van der Waals surface area contributed by atoms with Crippen LogP contribution >= 0.6 is 0 Å². The summed E-state index contributed by atoms with van der Waals surface area (Å²) < 4.78 is 0. The lowest BCUT2D eigenvalue weighted by Crippen LogP contribution is -2.35. The van der Waals surface area contributed by atoms with Crippen molar-refractivity contribution in [3.05, 3.63) is 18.6 Å². The quantitative estimate of drug-likeness (QED) is 0.688. The van der Waals surface area contributed by atoms with E-state index in [9.17, 15) is 0 Å². The molecule has 2 rings (SSSR count). The molecule has 4 nitrogen and oxygen atoms in total. The Kier molecular flexibility index (Phi) is 2.72. The molecule has 0 unspecified atom stereocenters.